The molecular weight excluding hydrogens is 299 g/mol. The Balaban J connectivity index is 2.48. The summed E-state index contributed by atoms with van der Waals surface area (Å²) in [5, 5.41) is 6.56. The molecule has 1 aromatic heterocycles. The van der Waals surface area contributed by atoms with Crippen molar-refractivity contribution in [1.82, 2.24) is 0 Å². The number of primary sulfonamides is 1. The summed E-state index contributed by atoms with van der Waals surface area (Å²) >= 11 is 0.926. The summed E-state index contributed by atoms with van der Waals surface area (Å²) in [6, 6.07) is 5.76. The van der Waals surface area contributed by atoms with E-state index in [9.17, 15) is 21.6 Å². The minimum Gasteiger partial charge on any atom is -0.224 e. The second kappa shape index (κ2) is 4.62. The second-order valence-electron chi connectivity index (χ2n) is 3.74. The molecule has 19 heavy (non-hydrogen) atoms. The van der Waals surface area contributed by atoms with Crippen LogP contribution >= 0.6 is 11.3 Å². The van der Waals surface area contributed by atoms with Gasteiger partial charge in [0, 0.05) is 5.56 Å². The molecule has 0 spiro atoms. The van der Waals surface area contributed by atoms with Crippen LogP contribution < -0.4 is 5.14 Å². The molecular formula is C11H8F3NO2S2. The van der Waals surface area contributed by atoms with Crippen LogP contribution in [-0.4, -0.2) is 8.42 Å². The molecule has 0 atom stereocenters. The quantitative estimate of drug-likeness (QED) is 0.927. The lowest BCUT2D eigenvalue weighted by Gasteiger charge is -2.07. The van der Waals surface area contributed by atoms with Gasteiger partial charge in [-0.3, -0.25) is 0 Å². The summed E-state index contributed by atoms with van der Waals surface area (Å²) < 4.78 is 59.8. The predicted molar refractivity (Wildman–Crippen MR) is 66.1 cm³/mol. The van der Waals surface area contributed by atoms with Crippen molar-refractivity contribution in [2.45, 2.75) is 10.4 Å². The van der Waals surface area contributed by atoms with Crippen LogP contribution in [0.15, 0.2) is 39.9 Å². The molecule has 0 aliphatic rings. The Morgan fingerprint density at radius 3 is 2.11 bits per heavy atom. The fraction of sp³-hybridized carbons (Fsp3) is 0.0909. The Labute approximate surface area is 111 Å². The molecule has 2 rings (SSSR count). The van der Waals surface area contributed by atoms with Crippen molar-refractivity contribution in [2.24, 2.45) is 5.14 Å². The number of benzene rings is 1. The van der Waals surface area contributed by atoms with Gasteiger partial charge in [0.1, 0.15) is 4.21 Å². The van der Waals surface area contributed by atoms with E-state index in [2.05, 4.69) is 0 Å². The van der Waals surface area contributed by atoms with Crippen molar-refractivity contribution in [1.29, 1.82) is 0 Å². The first kappa shape index (κ1) is 14.0. The van der Waals surface area contributed by atoms with Gasteiger partial charge in [0.15, 0.2) is 0 Å². The fourth-order valence-electron chi connectivity index (χ4n) is 1.57. The standard InChI is InChI=1S/C11H8F3NO2S2/c12-11(13,14)8-3-1-7(2-4-8)9-5-6-18-10(9)19(15,16)17/h1-6H,(H2,15,16,17). The number of alkyl halides is 3. The zero-order chi connectivity index (χ0) is 14.3. The van der Waals surface area contributed by atoms with Crippen molar-refractivity contribution < 1.29 is 21.6 Å². The Morgan fingerprint density at radius 2 is 1.63 bits per heavy atom. The van der Waals surface area contributed by atoms with E-state index in [0.29, 0.717) is 11.1 Å². The van der Waals surface area contributed by atoms with E-state index in [1.165, 1.54) is 23.6 Å². The van der Waals surface area contributed by atoms with Gasteiger partial charge in [0.2, 0.25) is 10.0 Å². The fourth-order valence-corrected chi connectivity index (χ4v) is 3.40. The third kappa shape index (κ3) is 2.96. The lowest BCUT2D eigenvalue weighted by atomic mass is 10.1. The molecule has 1 aromatic carbocycles. The first-order valence-electron chi connectivity index (χ1n) is 4.97. The molecule has 1 heterocycles. The number of rotatable bonds is 2. The third-order valence-electron chi connectivity index (χ3n) is 2.41. The Hall–Kier alpha value is -1.38. The van der Waals surface area contributed by atoms with Crippen molar-refractivity contribution >= 4 is 21.4 Å². The average Bonchev–Trinajstić information content (AvgIpc) is 2.76. The predicted octanol–water partition coefficient (Wildman–Crippen LogP) is 3.08. The van der Waals surface area contributed by atoms with Gasteiger partial charge in [-0.05, 0) is 29.1 Å². The van der Waals surface area contributed by atoms with Crippen LogP contribution in [0, 0.1) is 0 Å². The van der Waals surface area contributed by atoms with Gasteiger partial charge in [-0.1, -0.05) is 12.1 Å². The third-order valence-corrected chi connectivity index (χ3v) is 4.84. The summed E-state index contributed by atoms with van der Waals surface area (Å²) in [5.41, 5.74) is -0.108. The van der Waals surface area contributed by atoms with E-state index >= 15 is 0 Å². The summed E-state index contributed by atoms with van der Waals surface area (Å²) in [6.07, 6.45) is -4.42. The van der Waals surface area contributed by atoms with Gasteiger partial charge >= 0.3 is 6.18 Å². The van der Waals surface area contributed by atoms with E-state index in [0.717, 1.165) is 23.5 Å². The molecule has 0 amide bonds. The maximum Gasteiger partial charge on any atom is 0.416 e. The number of nitrogens with two attached hydrogens (primary N) is 1. The molecule has 0 saturated heterocycles. The summed E-state index contributed by atoms with van der Waals surface area (Å²) in [7, 11) is -3.88. The van der Waals surface area contributed by atoms with Crippen LogP contribution in [0.2, 0.25) is 0 Å². The van der Waals surface area contributed by atoms with Crippen LogP contribution in [0.3, 0.4) is 0 Å². The van der Waals surface area contributed by atoms with Gasteiger partial charge in [-0.15, -0.1) is 11.3 Å². The SMILES string of the molecule is NS(=O)(=O)c1sccc1-c1ccc(C(F)(F)F)cc1. The molecule has 0 unspecified atom stereocenters. The molecule has 0 saturated carbocycles. The number of hydrogen-bond donors (Lipinski definition) is 1. The minimum atomic E-state index is -4.42. The first-order valence-corrected chi connectivity index (χ1v) is 7.40. The maximum atomic E-state index is 12.4. The van der Waals surface area contributed by atoms with Crippen LogP contribution in [0.1, 0.15) is 5.56 Å². The zero-order valence-corrected chi connectivity index (χ0v) is 10.9. The molecule has 0 fully saturated rings. The molecule has 102 valence electrons. The van der Waals surface area contributed by atoms with Gasteiger partial charge in [-0.2, -0.15) is 13.2 Å². The molecule has 0 aliphatic heterocycles. The Kier molecular flexibility index (Phi) is 3.41. The molecule has 2 aromatic rings. The van der Waals surface area contributed by atoms with E-state index in [-0.39, 0.29) is 4.21 Å². The van der Waals surface area contributed by atoms with Crippen LogP contribution in [0.4, 0.5) is 13.2 Å². The monoisotopic (exact) mass is 307 g/mol. The highest BCUT2D eigenvalue weighted by molar-refractivity contribution is 7.91. The topological polar surface area (TPSA) is 60.2 Å². The summed E-state index contributed by atoms with van der Waals surface area (Å²) in [5.74, 6) is 0. The largest absolute Gasteiger partial charge is 0.416 e. The van der Waals surface area contributed by atoms with Crippen LogP contribution in [0.5, 0.6) is 0 Å². The van der Waals surface area contributed by atoms with Crippen LogP contribution in [-0.2, 0) is 16.2 Å². The highest BCUT2D eigenvalue weighted by atomic mass is 32.2. The Bertz CT molecular complexity index is 687. The highest BCUT2D eigenvalue weighted by Crippen LogP contribution is 2.34. The molecule has 2 N–H and O–H groups in total. The lowest BCUT2D eigenvalue weighted by Crippen LogP contribution is -2.11. The van der Waals surface area contributed by atoms with Crippen molar-refractivity contribution in [3.05, 3.63) is 41.3 Å². The van der Waals surface area contributed by atoms with Crippen LogP contribution in [0.25, 0.3) is 11.1 Å². The number of halogens is 3. The lowest BCUT2D eigenvalue weighted by molar-refractivity contribution is -0.137. The van der Waals surface area contributed by atoms with Crippen molar-refractivity contribution in [2.75, 3.05) is 0 Å². The number of thiophene rings is 1. The zero-order valence-electron chi connectivity index (χ0n) is 9.31. The Morgan fingerprint density at radius 1 is 1.05 bits per heavy atom. The second-order valence-corrected chi connectivity index (χ2v) is 6.41. The normalized spacial score (nSPS) is 12.6. The number of hydrogen-bond acceptors (Lipinski definition) is 3. The van der Waals surface area contributed by atoms with E-state index in [1.54, 1.807) is 0 Å². The van der Waals surface area contributed by atoms with E-state index < -0.39 is 21.8 Å². The molecule has 3 nitrogen and oxygen atoms in total. The van der Waals surface area contributed by atoms with Gasteiger partial charge in [0.05, 0.1) is 5.56 Å². The molecule has 0 aliphatic carbocycles. The van der Waals surface area contributed by atoms with Gasteiger partial charge in [0.25, 0.3) is 0 Å². The molecule has 0 bridgehead atoms. The number of sulfonamides is 1. The maximum absolute atomic E-state index is 12.4. The van der Waals surface area contributed by atoms with Gasteiger partial charge in [-0.25, -0.2) is 13.6 Å². The summed E-state index contributed by atoms with van der Waals surface area (Å²) in [4.78, 5) is 0. The minimum absolute atomic E-state index is 0.0627. The smallest absolute Gasteiger partial charge is 0.224 e. The molecule has 0 radical (unpaired) electrons. The van der Waals surface area contributed by atoms with Crippen molar-refractivity contribution in [3.8, 4) is 11.1 Å². The van der Waals surface area contributed by atoms with Crippen molar-refractivity contribution in [3.63, 3.8) is 0 Å². The van der Waals surface area contributed by atoms with E-state index in [4.69, 9.17) is 5.14 Å². The highest BCUT2D eigenvalue weighted by Gasteiger charge is 2.30. The first-order chi connectivity index (χ1) is 8.69. The average molecular weight is 307 g/mol. The molecule has 8 heteroatoms. The summed E-state index contributed by atoms with van der Waals surface area (Å²) in [6.45, 7) is 0. The van der Waals surface area contributed by atoms with E-state index in [1.807, 2.05) is 0 Å². The van der Waals surface area contributed by atoms with Gasteiger partial charge < -0.3 is 0 Å².